The van der Waals surface area contributed by atoms with E-state index in [9.17, 15) is 0 Å². The van der Waals surface area contributed by atoms with Crippen molar-refractivity contribution in [3.8, 4) is 5.69 Å². The van der Waals surface area contributed by atoms with Gasteiger partial charge in [0, 0.05) is 16.6 Å². The van der Waals surface area contributed by atoms with Crippen LogP contribution in [0.5, 0.6) is 0 Å². The first-order valence-corrected chi connectivity index (χ1v) is 7.97. The molecule has 2 nitrogen and oxygen atoms in total. The van der Waals surface area contributed by atoms with Crippen LogP contribution in [0, 0.1) is 17.8 Å². The Bertz CT molecular complexity index is 567. The highest BCUT2D eigenvalue weighted by molar-refractivity contribution is 9.09. The lowest BCUT2D eigenvalue weighted by Crippen LogP contribution is -2.04. The van der Waals surface area contributed by atoms with Crippen molar-refractivity contribution in [3.05, 3.63) is 48.3 Å². The van der Waals surface area contributed by atoms with Gasteiger partial charge in [-0.15, -0.1) is 0 Å². The van der Waals surface area contributed by atoms with Gasteiger partial charge >= 0.3 is 0 Å². The van der Waals surface area contributed by atoms with Gasteiger partial charge in [0.1, 0.15) is 0 Å². The topological polar surface area (TPSA) is 17.8 Å². The summed E-state index contributed by atoms with van der Waals surface area (Å²) in [4.78, 5) is 0.470. The summed E-state index contributed by atoms with van der Waals surface area (Å²) in [6, 6.07) is 10.3. The number of halogens is 1. The van der Waals surface area contributed by atoms with Crippen molar-refractivity contribution in [1.82, 2.24) is 9.78 Å². The maximum absolute atomic E-state index is 4.50. The molecule has 0 aliphatic heterocycles. The molecule has 98 valence electrons. The highest BCUT2D eigenvalue weighted by Crippen LogP contribution is 2.58. The summed E-state index contributed by atoms with van der Waals surface area (Å²) in [5.41, 5.74) is 2.44. The quantitative estimate of drug-likeness (QED) is 0.769. The number of fused-ring (bicyclic) bond motifs is 1. The second-order valence-corrected chi connectivity index (χ2v) is 6.93. The number of hydrogen-bond donors (Lipinski definition) is 0. The van der Waals surface area contributed by atoms with E-state index in [0.717, 1.165) is 23.4 Å². The zero-order valence-electron chi connectivity index (χ0n) is 10.7. The van der Waals surface area contributed by atoms with Crippen LogP contribution in [0.25, 0.3) is 5.69 Å². The monoisotopic (exact) mass is 316 g/mol. The molecule has 2 aromatic rings. The first-order valence-electron chi connectivity index (χ1n) is 7.05. The Morgan fingerprint density at radius 2 is 1.84 bits per heavy atom. The van der Waals surface area contributed by atoms with E-state index >= 15 is 0 Å². The van der Waals surface area contributed by atoms with E-state index in [-0.39, 0.29) is 0 Å². The predicted octanol–water partition coefficient (Wildman–Crippen LogP) is 4.35. The van der Waals surface area contributed by atoms with Gasteiger partial charge in [0.05, 0.1) is 11.9 Å². The van der Waals surface area contributed by atoms with E-state index in [0.29, 0.717) is 4.83 Å². The summed E-state index contributed by atoms with van der Waals surface area (Å²) < 4.78 is 1.97. The van der Waals surface area contributed by atoms with Crippen LogP contribution < -0.4 is 0 Å². The van der Waals surface area contributed by atoms with Gasteiger partial charge < -0.3 is 0 Å². The molecule has 4 rings (SSSR count). The van der Waals surface area contributed by atoms with Gasteiger partial charge in [0.25, 0.3) is 0 Å². The third-order valence-corrected chi connectivity index (χ3v) is 5.91. The molecule has 3 heteroatoms. The zero-order valence-corrected chi connectivity index (χ0v) is 12.3. The van der Waals surface area contributed by atoms with E-state index in [1.54, 1.807) is 0 Å². The summed E-state index contributed by atoms with van der Waals surface area (Å²) in [5, 5.41) is 4.50. The van der Waals surface area contributed by atoms with Crippen LogP contribution >= 0.6 is 15.9 Å². The van der Waals surface area contributed by atoms with Crippen LogP contribution in [0.1, 0.15) is 29.7 Å². The molecule has 2 aliphatic carbocycles. The fourth-order valence-corrected chi connectivity index (χ4v) is 4.14. The van der Waals surface area contributed by atoms with Gasteiger partial charge in [-0.2, -0.15) is 5.10 Å². The number of benzene rings is 1. The van der Waals surface area contributed by atoms with Crippen molar-refractivity contribution < 1.29 is 0 Å². The van der Waals surface area contributed by atoms with Gasteiger partial charge in [0.2, 0.25) is 0 Å². The SMILES string of the molecule is BrC(c1cnn(-c2ccccc2)c1)C1CC2CC2C1. The number of alkyl halides is 1. The second-order valence-electron chi connectivity index (χ2n) is 5.94. The van der Waals surface area contributed by atoms with Crippen molar-refractivity contribution in [1.29, 1.82) is 0 Å². The average molecular weight is 317 g/mol. The highest BCUT2D eigenvalue weighted by atomic mass is 79.9. The standard InChI is InChI=1S/C16H17BrN2/c17-16(13-7-11-6-12(11)8-13)14-9-18-19(10-14)15-4-2-1-3-5-15/h1-5,9-13,16H,6-8H2. The average Bonchev–Trinajstić information content (AvgIpc) is 2.91. The summed E-state index contributed by atoms with van der Waals surface area (Å²) in [6.07, 6.45) is 8.46. The molecule has 2 fully saturated rings. The number of para-hydroxylation sites is 1. The van der Waals surface area contributed by atoms with Crippen LogP contribution in [-0.2, 0) is 0 Å². The Balaban J connectivity index is 1.54. The van der Waals surface area contributed by atoms with Crippen LogP contribution in [0.15, 0.2) is 42.7 Å². The Morgan fingerprint density at radius 3 is 2.58 bits per heavy atom. The Labute approximate surface area is 122 Å². The predicted molar refractivity (Wildman–Crippen MR) is 79.6 cm³/mol. The largest absolute Gasteiger partial charge is 0.241 e. The number of aromatic nitrogens is 2. The summed E-state index contributed by atoms with van der Waals surface area (Å²) >= 11 is 3.89. The first kappa shape index (κ1) is 11.7. The molecule has 2 aliphatic rings. The lowest BCUT2D eigenvalue weighted by atomic mass is 9.96. The fraction of sp³-hybridized carbons (Fsp3) is 0.438. The number of hydrogen-bond acceptors (Lipinski definition) is 1. The van der Waals surface area contributed by atoms with Crippen molar-refractivity contribution in [2.75, 3.05) is 0 Å². The van der Waals surface area contributed by atoms with Gasteiger partial charge in [0.15, 0.2) is 0 Å². The lowest BCUT2D eigenvalue weighted by molar-refractivity contribution is 0.482. The van der Waals surface area contributed by atoms with Gasteiger partial charge in [-0.25, -0.2) is 4.68 Å². The Hall–Kier alpha value is -1.09. The first-order chi connectivity index (χ1) is 9.31. The number of nitrogens with zero attached hydrogens (tertiary/aromatic N) is 2. The summed E-state index contributed by atoms with van der Waals surface area (Å²) in [7, 11) is 0. The molecule has 1 heterocycles. The molecule has 0 saturated heterocycles. The second kappa shape index (κ2) is 4.48. The van der Waals surface area contributed by atoms with Gasteiger partial charge in [-0.05, 0) is 49.1 Å². The van der Waals surface area contributed by atoms with E-state index in [1.165, 1.54) is 24.8 Å². The van der Waals surface area contributed by atoms with Crippen LogP contribution in [0.2, 0.25) is 0 Å². The molecule has 1 aromatic heterocycles. The fourth-order valence-electron chi connectivity index (χ4n) is 3.47. The van der Waals surface area contributed by atoms with Gasteiger partial charge in [-0.1, -0.05) is 34.1 Å². The van der Waals surface area contributed by atoms with E-state index in [1.807, 2.05) is 29.1 Å². The maximum atomic E-state index is 4.50. The van der Waals surface area contributed by atoms with Crippen molar-refractivity contribution >= 4 is 15.9 Å². The van der Waals surface area contributed by atoms with Crippen LogP contribution in [0.4, 0.5) is 0 Å². The molecule has 19 heavy (non-hydrogen) atoms. The molecule has 3 atom stereocenters. The van der Waals surface area contributed by atoms with Crippen LogP contribution in [-0.4, -0.2) is 9.78 Å². The zero-order chi connectivity index (χ0) is 12.8. The molecule has 0 radical (unpaired) electrons. The van der Waals surface area contributed by atoms with Crippen LogP contribution in [0.3, 0.4) is 0 Å². The van der Waals surface area contributed by atoms with E-state index in [2.05, 4.69) is 39.4 Å². The third kappa shape index (κ3) is 2.14. The summed E-state index contributed by atoms with van der Waals surface area (Å²) in [6.45, 7) is 0. The van der Waals surface area contributed by atoms with E-state index < -0.39 is 0 Å². The molecular formula is C16H17BrN2. The summed E-state index contributed by atoms with van der Waals surface area (Å²) in [5.74, 6) is 2.88. The molecule has 0 spiro atoms. The van der Waals surface area contributed by atoms with Crippen molar-refractivity contribution in [2.45, 2.75) is 24.1 Å². The highest BCUT2D eigenvalue weighted by Gasteiger charge is 2.47. The molecular weight excluding hydrogens is 300 g/mol. The third-order valence-electron chi connectivity index (χ3n) is 4.64. The minimum Gasteiger partial charge on any atom is -0.241 e. The lowest BCUT2D eigenvalue weighted by Gasteiger charge is -2.17. The molecule has 3 unspecified atom stereocenters. The van der Waals surface area contributed by atoms with E-state index in [4.69, 9.17) is 0 Å². The Kier molecular flexibility index (Phi) is 2.76. The van der Waals surface area contributed by atoms with Crippen molar-refractivity contribution in [2.24, 2.45) is 17.8 Å². The molecule has 2 saturated carbocycles. The number of rotatable bonds is 3. The minimum absolute atomic E-state index is 0.470. The van der Waals surface area contributed by atoms with Crippen molar-refractivity contribution in [3.63, 3.8) is 0 Å². The molecule has 0 N–H and O–H groups in total. The molecule has 0 amide bonds. The Morgan fingerprint density at radius 1 is 1.11 bits per heavy atom. The normalized spacial score (nSPS) is 30.1. The molecule has 1 aromatic carbocycles. The molecule has 0 bridgehead atoms. The maximum Gasteiger partial charge on any atom is 0.0645 e. The minimum atomic E-state index is 0.470. The van der Waals surface area contributed by atoms with Gasteiger partial charge in [-0.3, -0.25) is 0 Å². The smallest absolute Gasteiger partial charge is 0.0645 e.